The van der Waals surface area contributed by atoms with Crippen LogP contribution in [0.2, 0.25) is 0 Å². The van der Waals surface area contributed by atoms with Crippen LogP contribution in [0.4, 0.5) is 0 Å². The zero-order valence-electron chi connectivity index (χ0n) is 17.4. The maximum absolute atomic E-state index is 12.9. The van der Waals surface area contributed by atoms with Gasteiger partial charge in [0.15, 0.2) is 11.0 Å². The van der Waals surface area contributed by atoms with Crippen molar-refractivity contribution in [1.29, 1.82) is 0 Å². The quantitative estimate of drug-likeness (QED) is 0.594. The molecule has 1 aliphatic rings. The zero-order valence-corrected chi connectivity index (χ0v) is 17.4. The van der Waals surface area contributed by atoms with Crippen LogP contribution < -0.4 is 10.7 Å². The first kappa shape index (κ1) is 20.4. The summed E-state index contributed by atoms with van der Waals surface area (Å²) in [5.74, 6) is 0.312. The van der Waals surface area contributed by atoms with Crippen molar-refractivity contribution in [3.63, 3.8) is 0 Å². The first-order chi connectivity index (χ1) is 14.6. The van der Waals surface area contributed by atoms with Gasteiger partial charge in [0.2, 0.25) is 0 Å². The second-order valence-corrected chi connectivity index (χ2v) is 7.95. The molecule has 1 aliphatic heterocycles. The Labute approximate surface area is 176 Å². The third-order valence-corrected chi connectivity index (χ3v) is 5.81. The van der Waals surface area contributed by atoms with Gasteiger partial charge in [0.25, 0.3) is 5.91 Å². The topological polar surface area (TPSA) is 62.6 Å². The molecule has 1 fully saturated rings. The number of hydrogen-bond donors (Lipinski definition) is 1. The molecule has 0 radical (unpaired) electrons. The lowest BCUT2D eigenvalue weighted by atomic mass is 10.0. The van der Waals surface area contributed by atoms with Crippen molar-refractivity contribution in [2.24, 2.45) is 0 Å². The van der Waals surface area contributed by atoms with E-state index < -0.39 is 0 Å². The van der Waals surface area contributed by atoms with Gasteiger partial charge in [-0.2, -0.15) is 0 Å². The minimum Gasteiger partial charge on any atom is -0.455 e. The van der Waals surface area contributed by atoms with Gasteiger partial charge in [0.1, 0.15) is 5.76 Å². The molecule has 156 valence electrons. The average molecular weight is 405 g/mol. The van der Waals surface area contributed by atoms with Gasteiger partial charge in [-0.3, -0.25) is 9.59 Å². The fourth-order valence-electron chi connectivity index (χ4n) is 4.12. The number of nitrogens with one attached hydrogen (secondary N) is 1. The third kappa shape index (κ3) is 4.31. The molecule has 1 amide bonds. The largest absolute Gasteiger partial charge is 0.455 e. The molecular weight excluding hydrogens is 376 g/mol. The molecule has 5 heteroatoms. The van der Waals surface area contributed by atoms with E-state index in [1.54, 1.807) is 25.1 Å². The van der Waals surface area contributed by atoms with E-state index in [0.717, 1.165) is 24.9 Å². The SMILES string of the molecule is Cc1c(-c2ccccc2)oc2c(C(=O)NCCCCN3CCCC3)cccc2c1=O. The molecule has 0 spiro atoms. The summed E-state index contributed by atoms with van der Waals surface area (Å²) in [4.78, 5) is 28.2. The van der Waals surface area contributed by atoms with E-state index in [2.05, 4.69) is 10.2 Å². The molecule has 0 bridgehead atoms. The highest BCUT2D eigenvalue weighted by atomic mass is 16.3. The van der Waals surface area contributed by atoms with E-state index in [4.69, 9.17) is 4.42 Å². The van der Waals surface area contributed by atoms with Crippen LogP contribution in [0.3, 0.4) is 0 Å². The van der Waals surface area contributed by atoms with Gasteiger partial charge in [-0.15, -0.1) is 0 Å². The smallest absolute Gasteiger partial charge is 0.255 e. The molecule has 1 aromatic heterocycles. The third-order valence-electron chi connectivity index (χ3n) is 5.81. The Balaban J connectivity index is 1.52. The molecule has 0 atom stereocenters. The number of benzene rings is 2. The van der Waals surface area contributed by atoms with Gasteiger partial charge in [-0.25, -0.2) is 0 Å². The number of amides is 1. The number of likely N-dealkylation sites (tertiary alicyclic amines) is 1. The Morgan fingerprint density at radius 3 is 2.57 bits per heavy atom. The van der Waals surface area contributed by atoms with Crippen molar-refractivity contribution in [2.45, 2.75) is 32.6 Å². The normalized spacial score (nSPS) is 14.3. The van der Waals surface area contributed by atoms with Crippen LogP contribution in [0.5, 0.6) is 0 Å². The highest BCUT2D eigenvalue weighted by Gasteiger charge is 2.18. The molecule has 5 nitrogen and oxygen atoms in total. The molecule has 2 aromatic carbocycles. The monoisotopic (exact) mass is 404 g/mol. The van der Waals surface area contributed by atoms with Gasteiger partial charge in [-0.05, 0) is 64.4 Å². The lowest BCUT2D eigenvalue weighted by Crippen LogP contribution is -2.26. The summed E-state index contributed by atoms with van der Waals surface area (Å²) < 4.78 is 6.14. The summed E-state index contributed by atoms with van der Waals surface area (Å²) in [5.41, 5.74) is 2.03. The summed E-state index contributed by atoms with van der Waals surface area (Å²) in [7, 11) is 0. The summed E-state index contributed by atoms with van der Waals surface area (Å²) in [6.07, 6.45) is 4.61. The Hall–Kier alpha value is -2.92. The lowest BCUT2D eigenvalue weighted by molar-refractivity contribution is 0.0953. The van der Waals surface area contributed by atoms with Crippen molar-refractivity contribution < 1.29 is 9.21 Å². The second kappa shape index (κ2) is 9.26. The second-order valence-electron chi connectivity index (χ2n) is 7.95. The van der Waals surface area contributed by atoms with Gasteiger partial charge in [0, 0.05) is 17.7 Å². The number of rotatable bonds is 7. The number of unbranched alkanes of at least 4 members (excludes halogenated alkanes) is 1. The van der Waals surface area contributed by atoms with Gasteiger partial charge in [-0.1, -0.05) is 36.4 Å². The standard InChI is InChI=1S/C25H28N2O3/c1-18-22(28)20-12-9-13-21(24(20)30-23(18)19-10-3-2-4-11-19)25(29)26-14-5-6-15-27-16-7-8-17-27/h2-4,9-13H,5-8,14-17H2,1H3,(H,26,29). The van der Waals surface area contributed by atoms with Crippen LogP contribution in [0.15, 0.2) is 57.7 Å². The van der Waals surface area contributed by atoms with E-state index in [9.17, 15) is 9.59 Å². The van der Waals surface area contributed by atoms with E-state index in [0.29, 0.717) is 34.4 Å². The highest BCUT2D eigenvalue weighted by molar-refractivity contribution is 6.05. The Kier molecular flexibility index (Phi) is 6.29. The van der Waals surface area contributed by atoms with Crippen molar-refractivity contribution in [1.82, 2.24) is 10.2 Å². The number of carbonyl (C=O) groups is 1. The molecule has 0 saturated carbocycles. The maximum atomic E-state index is 12.9. The van der Waals surface area contributed by atoms with Crippen molar-refractivity contribution in [3.8, 4) is 11.3 Å². The van der Waals surface area contributed by atoms with Crippen LogP contribution in [0.1, 0.15) is 41.6 Å². The van der Waals surface area contributed by atoms with Gasteiger partial charge < -0.3 is 14.6 Å². The maximum Gasteiger partial charge on any atom is 0.255 e. The fourth-order valence-corrected chi connectivity index (χ4v) is 4.12. The minimum absolute atomic E-state index is 0.102. The first-order valence-electron chi connectivity index (χ1n) is 10.8. The number of carbonyl (C=O) groups excluding carboxylic acids is 1. The van der Waals surface area contributed by atoms with Gasteiger partial charge in [0.05, 0.1) is 10.9 Å². The summed E-state index contributed by atoms with van der Waals surface area (Å²) in [6.45, 7) is 5.87. The summed E-state index contributed by atoms with van der Waals surface area (Å²) in [6, 6.07) is 14.7. The molecule has 3 aromatic rings. The van der Waals surface area contributed by atoms with Crippen molar-refractivity contribution in [2.75, 3.05) is 26.2 Å². The number of nitrogens with zero attached hydrogens (tertiary/aromatic N) is 1. The van der Waals surface area contributed by atoms with Crippen molar-refractivity contribution in [3.05, 3.63) is 69.9 Å². The highest BCUT2D eigenvalue weighted by Crippen LogP contribution is 2.27. The van der Waals surface area contributed by atoms with E-state index in [1.807, 2.05) is 30.3 Å². The van der Waals surface area contributed by atoms with Gasteiger partial charge >= 0.3 is 0 Å². The number of hydrogen-bond acceptors (Lipinski definition) is 4. The molecule has 4 rings (SSSR count). The van der Waals surface area contributed by atoms with Crippen LogP contribution in [-0.2, 0) is 0 Å². The minimum atomic E-state index is -0.201. The first-order valence-corrected chi connectivity index (χ1v) is 10.8. The molecule has 1 saturated heterocycles. The van der Waals surface area contributed by atoms with Crippen LogP contribution in [0, 0.1) is 6.92 Å². The molecule has 2 heterocycles. The number of para-hydroxylation sites is 1. The predicted octanol–water partition coefficient (Wildman–Crippen LogP) is 4.37. The van der Waals surface area contributed by atoms with E-state index >= 15 is 0 Å². The summed E-state index contributed by atoms with van der Waals surface area (Å²) >= 11 is 0. The Bertz CT molecular complexity index is 1080. The summed E-state index contributed by atoms with van der Waals surface area (Å²) in [5, 5.41) is 3.43. The Morgan fingerprint density at radius 1 is 1.03 bits per heavy atom. The van der Waals surface area contributed by atoms with Crippen LogP contribution in [-0.4, -0.2) is 37.0 Å². The van der Waals surface area contributed by atoms with Crippen LogP contribution >= 0.6 is 0 Å². The Morgan fingerprint density at radius 2 is 1.80 bits per heavy atom. The molecule has 30 heavy (non-hydrogen) atoms. The molecular formula is C25H28N2O3. The molecule has 0 aliphatic carbocycles. The van der Waals surface area contributed by atoms with E-state index in [-0.39, 0.29) is 11.3 Å². The molecule has 0 unspecified atom stereocenters. The fraction of sp³-hybridized carbons (Fsp3) is 0.360. The molecule has 1 N–H and O–H groups in total. The van der Waals surface area contributed by atoms with Crippen molar-refractivity contribution >= 4 is 16.9 Å². The predicted molar refractivity (Wildman–Crippen MR) is 120 cm³/mol. The van der Waals surface area contributed by atoms with E-state index in [1.165, 1.54) is 25.9 Å². The lowest BCUT2D eigenvalue weighted by Gasteiger charge is -2.14. The number of fused-ring (bicyclic) bond motifs is 1. The zero-order chi connectivity index (χ0) is 20.9. The van der Waals surface area contributed by atoms with Crippen LogP contribution in [0.25, 0.3) is 22.3 Å². The average Bonchev–Trinajstić information content (AvgIpc) is 3.29.